The molecule has 5 nitrogen and oxygen atoms in total. The van der Waals surface area contributed by atoms with Crippen LogP contribution in [0.2, 0.25) is 0 Å². The van der Waals surface area contributed by atoms with Crippen molar-refractivity contribution in [2.24, 2.45) is 0 Å². The molecule has 2 rings (SSSR count). The number of hydrogen-bond acceptors (Lipinski definition) is 4. The number of carboxylic acids is 1. The van der Waals surface area contributed by atoms with Crippen LogP contribution in [-0.4, -0.2) is 19.0 Å². The Hall–Kier alpha value is -3.08. The highest BCUT2D eigenvalue weighted by molar-refractivity contribution is 6.02. The summed E-state index contributed by atoms with van der Waals surface area (Å²) in [7, 11) is 1.54. The van der Waals surface area contributed by atoms with Gasteiger partial charge in [-0.25, -0.2) is 0 Å². The molecule has 0 unspecified atom stereocenters. The van der Waals surface area contributed by atoms with E-state index in [0.717, 1.165) is 0 Å². The summed E-state index contributed by atoms with van der Waals surface area (Å²) < 4.78 is 5.02. The fourth-order valence-corrected chi connectivity index (χ4v) is 1.80. The molecule has 5 heteroatoms. The van der Waals surface area contributed by atoms with E-state index < -0.39 is 11.9 Å². The normalized spacial score (nSPS) is 10.9. The van der Waals surface area contributed by atoms with Gasteiger partial charge < -0.3 is 20.0 Å². The Morgan fingerprint density at radius 2 is 1.68 bits per heavy atom. The van der Waals surface area contributed by atoms with Crippen molar-refractivity contribution in [3.63, 3.8) is 0 Å². The van der Waals surface area contributed by atoms with Gasteiger partial charge in [-0.1, -0.05) is 30.3 Å². The van der Waals surface area contributed by atoms with Gasteiger partial charge in [0.05, 0.1) is 18.8 Å². The highest BCUT2D eigenvalue weighted by Crippen LogP contribution is 2.13. The van der Waals surface area contributed by atoms with Crippen LogP contribution in [0.5, 0.6) is 5.75 Å². The Labute approximate surface area is 127 Å². The lowest BCUT2D eigenvalue weighted by Gasteiger charge is -2.11. The van der Waals surface area contributed by atoms with Crippen molar-refractivity contribution in [3.8, 4) is 5.75 Å². The molecule has 0 aliphatic rings. The summed E-state index contributed by atoms with van der Waals surface area (Å²) in [5.74, 6) is -1.31. The van der Waals surface area contributed by atoms with Crippen molar-refractivity contribution < 1.29 is 19.4 Å². The number of rotatable bonds is 5. The molecule has 0 saturated carbocycles. The molecule has 0 fully saturated rings. The first-order chi connectivity index (χ1) is 10.6. The second-order valence-electron chi connectivity index (χ2n) is 4.44. The third-order valence-corrected chi connectivity index (χ3v) is 2.93. The topological polar surface area (TPSA) is 78.5 Å². The second kappa shape index (κ2) is 7.08. The highest BCUT2D eigenvalue weighted by atomic mass is 16.5. The average Bonchev–Trinajstić information content (AvgIpc) is 2.55. The minimum absolute atomic E-state index is 0.306. The fraction of sp³-hybridized carbons (Fsp3) is 0.0588. The smallest absolute Gasteiger partial charge is 0.255 e. The van der Waals surface area contributed by atoms with E-state index in [-0.39, 0.29) is 5.70 Å². The number of ether oxygens (including phenoxy) is 1. The zero-order chi connectivity index (χ0) is 15.9. The molecule has 22 heavy (non-hydrogen) atoms. The quantitative estimate of drug-likeness (QED) is 0.841. The monoisotopic (exact) mass is 296 g/mol. The maximum Gasteiger partial charge on any atom is 0.255 e. The highest BCUT2D eigenvalue weighted by Gasteiger charge is 2.08. The molecule has 0 bridgehead atoms. The van der Waals surface area contributed by atoms with Crippen LogP contribution in [0, 0.1) is 0 Å². The van der Waals surface area contributed by atoms with Crippen LogP contribution in [-0.2, 0) is 4.79 Å². The van der Waals surface area contributed by atoms with Gasteiger partial charge in [-0.2, -0.15) is 0 Å². The minimum atomic E-state index is -1.46. The van der Waals surface area contributed by atoms with E-state index in [4.69, 9.17) is 4.74 Å². The third-order valence-electron chi connectivity index (χ3n) is 2.93. The lowest BCUT2D eigenvalue weighted by Crippen LogP contribution is -2.35. The first kappa shape index (κ1) is 15.3. The number of hydrogen-bond donors (Lipinski definition) is 1. The Bertz CT molecular complexity index is 690. The summed E-state index contributed by atoms with van der Waals surface area (Å²) in [6.45, 7) is 0. The Morgan fingerprint density at radius 3 is 2.23 bits per heavy atom. The first-order valence-electron chi connectivity index (χ1n) is 6.53. The van der Waals surface area contributed by atoms with Gasteiger partial charge in [0, 0.05) is 5.56 Å². The molecule has 1 amide bonds. The van der Waals surface area contributed by atoms with Crippen LogP contribution in [0.1, 0.15) is 15.9 Å². The SMILES string of the molecule is COc1ccc(C=C(NC(=O)c2ccccc2)C(=O)[O-])cc1. The van der Waals surface area contributed by atoms with Crippen LogP contribution in [0.4, 0.5) is 0 Å². The van der Waals surface area contributed by atoms with Crippen LogP contribution >= 0.6 is 0 Å². The summed E-state index contributed by atoms with van der Waals surface area (Å²) in [4.78, 5) is 23.2. The van der Waals surface area contributed by atoms with Gasteiger partial charge >= 0.3 is 0 Å². The first-order valence-corrected chi connectivity index (χ1v) is 6.53. The Morgan fingerprint density at radius 1 is 1.05 bits per heavy atom. The van der Waals surface area contributed by atoms with Crippen molar-refractivity contribution in [2.45, 2.75) is 0 Å². The third kappa shape index (κ3) is 3.96. The molecule has 0 aliphatic carbocycles. The van der Waals surface area contributed by atoms with E-state index in [9.17, 15) is 14.7 Å². The van der Waals surface area contributed by atoms with Gasteiger partial charge in [-0.15, -0.1) is 0 Å². The predicted octanol–water partition coefficient (Wildman–Crippen LogP) is 1.22. The predicted molar refractivity (Wildman–Crippen MR) is 79.9 cm³/mol. The van der Waals surface area contributed by atoms with Crippen molar-refractivity contribution in [2.75, 3.05) is 7.11 Å². The Kier molecular flexibility index (Phi) is 4.93. The Balaban J connectivity index is 2.20. The van der Waals surface area contributed by atoms with Crippen LogP contribution in [0.3, 0.4) is 0 Å². The van der Waals surface area contributed by atoms with Gasteiger partial charge in [-0.3, -0.25) is 4.79 Å². The van der Waals surface area contributed by atoms with E-state index >= 15 is 0 Å². The van der Waals surface area contributed by atoms with Crippen molar-refractivity contribution in [3.05, 3.63) is 71.4 Å². The van der Waals surface area contributed by atoms with E-state index in [1.807, 2.05) is 0 Å². The lowest BCUT2D eigenvalue weighted by molar-refractivity contribution is -0.299. The number of carbonyl (C=O) groups excluding carboxylic acids is 2. The van der Waals surface area contributed by atoms with Gasteiger partial charge in [0.2, 0.25) is 0 Å². The van der Waals surface area contributed by atoms with E-state index in [1.165, 1.54) is 13.2 Å². The number of amides is 1. The van der Waals surface area contributed by atoms with E-state index in [2.05, 4.69) is 5.32 Å². The number of methoxy groups -OCH3 is 1. The van der Waals surface area contributed by atoms with Crippen molar-refractivity contribution in [1.29, 1.82) is 0 Å². The molecule has 0 atom stereocenters. The summed E-state index contributed by atoms with van der Waals surface area (Å²) in [6.07, 6.45) is 1.33. The summed E-state index contributed by atoms with van der Waals surface area (Å²) in [6, 6.07) is 15.1. The zero-order valence-corrected chi connectivity index (χ0v) is 11.9. The molecular formula is C17H14NO4-. The molecule has 2 aromatic carbocycles. The van der Waals surface area contributed by atoms with E-state index in [1.54, 1.807) is 54.6 Å². The molecule has 0 spiro atoms. The molecule has 0 aliphatic heterocycles. The standard InChI is InChI=1S/C17H15NO4/c1-22-14-9-7-12(8-10-14)11-15(17(20)21)18-16(19)13-5-3-2-4-6-13/h2-11H,1H3,(H,18,19)(H,20,21)/p-1. The number of carboxylic acid groups (broad SMARTS) is 1. The molecular weight excluding hydrogens is 282 g/mol. The number of carbonyl (C=O) groups is 2. The molecule has 0 saturated heterocycles. The maximum atomic E-state index is 12.0. The van der Waals surface area contributed by atoms with Crippen LogP contribution in [0.15, 0.2) is 60.3 Å². The fourth-order valence-electron chi connectivity index (χ4n) is 1.80. The number of aliphatic carboxylic acids is 1. The number of benzene rings is 2. The van der Waals surface area contributed by atoms with Gasteiger partial charge in [0.1, 0.15) is 5.75 Å². The van der Waals surface area contributed by atoms with Gasteiger partial charge in [0.15, 0.2) is 0 Å². The minimum Gasteiger partial charge on any atom is -0.543 e. The summed E-state index contributed by atoms with van der Waals surface area (Å²) >= 11 is 0. The summed E-state index contributed by atoms with van der Waals surface area (Å²) in [5, 5.41) is 13.5. The second-order valence-corrected chi connectivity index (χ2v) is 4.44. The van der Waals surface area contributed by atoms with Gasteiger partial charge in [0.25, 0.3) is 5.91 Å². The molecule has 112 valence electrons. The molecule has 0 radical (unpaired) electrons. The lowest BCUT2D eigenvalue weighted by atomic mass is 10.1. The summed E-state index contributed by atoms with van der Waals surface area (Å²) in [5.41, 5.74) is 0.664. The van der Waals surface area contributed by atoms with Crippen LogP contribution in [0.25, 0.3) is 6.08 Å². The molecule has 1 N–H and O–H groups in total. The maximum absolute atomic E-state index is 12.0. The molecule has 0 aromatic heterocycles. The largest absolute Gasteiger partial charge is 0.543 e. The van der Waals surface area contributed by atoms with Crippen molar-refractivity contribution in [1.82, 2.24) is 5.32 Å². The van der Waals surface area contributed by atoms with E-state index in [0.29, 0.717) is 16.9 Å². The van der Waals surface area contributed by atoms with Crippen molar-refractivity contribution >= 4 is 18.0 Å². The molecule has 0 heterocycles. The number of nitrogens with one attached hydrogen (secondary N) is 1. The van der Waals surface area contributed by atoms with Gasteiger partial charge in [-0.05, 0) is 35.9 Å². The molecule has 2 aromatic rings. The van der Waals surface area contributed by atoms with Crippen LogP contribution < -0.4 is 15.2 Å². The average molecular weight is 296 g/mol. The zero-order valence-electron chi connectivity index (χ0n) is 11.9.